The summed E-state index contributed by atoms with van der Waals surface area (Å²) in [6.07, 6.45) is 3.17. The molecular weight excluding hydrogens is 348 g/mol. The molecule has 3 N–H and O–H groups in total. The molecule has 0 saturated carbocycles. The van der Waals surface area contributed by atoms with Crippen LogP contribution >= 0.6 is 0 Å². The van der Waals surface area contributed by atoms with E-state index in [9.17, 15) is 22.6 Å². The van der Waals surface area contributed by atoms with Crippen molar-refractivity contribution < 1.29 is 32.8 Å². The third-order valence-electron chi connectivity index (χ3n) is 4.75. The molecule has 0 amide bonds. The van der Waals surface area contributed by atoms with Crippen molar-refractivity contribution in [3.63, 3.8) is 0 Å². The first-order valence-electron chi connectivity index (χ1n) is 8.23. The number of benzene rings is 1. The minimum absolute atomic E-state index is 0.0112. The van der Waals surface area contributed by atoms with Gasteiger partial charge in [0.25, 0.3) is 10.1 Å². The summed E-state index contributed by atoms with van der Waals surface area (Å²) in [7, 11) is -4.33. The molecule has 2 rings (SSSR count). The fraction of sp³-hybridized carbons (Fsp3) is 0.529. The Morgan fingerprint density at radius 3 is 2.12 bits per heavy atom. The van der Waals surface area contributed by atoms with E-state index in [0.717, 1.165) is 24.0 Å². The molecule has 8 heteroatoms. The van der Waals surface area contributed by atoms with Crippen LogP contribution in [0.5, 0.6) is 0 Å². The van der Waals surface area contributed by atoms with E-state index in [1.807, 2.05) is 0 Å². The summed E-state index contributed by atoms with van der Waals surface area (Å²) >= 11 is 0. The molecule has 7 nitrogen and oxygen atoms in total. The van der Waals surface area contributed by atoms with Gasteiger partial charge >= 0.3 is 11.9 Å². The summed E-state index contributed by atoms with van der Waals surface area (Å²) in [5, 5.41) is 17.7. The van der Waals surface area contributed by atoms with Crippen LogP contribution in [0.4, 0.5) is 0 Å². The van der Waals surface area contributed by atoms with Gasteiger partial charge in [0.15, 0.2) is 0 Å². The molecule has 25 heavy (non-hydrogen) atoms. The normalized spacial score (nSPS) is 20.0. The monoisotopic (exact) mass is 370 g/mol. The standard InChI is InChI=1S/C17H22O7S/c18-16(19)3-1-2-11-4-5-12(6-9-17(20)21)14-8-7-13(10-15(11)14)25(22,23)24/h7-8,10-12H,1-6,9H2,(H,18,19)(H,20,21)(H,22,23,24). The topological polar surface area (TPSA) is 129 Å². The lowest BCUT2D eigenvalue weighted by Crippen LogP contribution is -2.17. The highest BCUT2D eigenvalue weighted by molar-refractivity contribution is 7.85. The fourth-order valence-corrected chi connectivity index (χ4v) is 4.06. The first-order valence-corrected chi connectivity index (χ1v) is 9.67. The van der Waals surface area contributed by atoms with Crippen LogP contribution in [-0.2, 0) is 19.7 Å². The third-order valence-corrected chi connectivity index (χ3v) is 5.60. The highest BCUT2D eigenvalue weighted by Crippen LogP contribution is 2.43. The molecule has 0 aromatic heterocycles. The van der Waals surface area contributed by atoms with E-state index in [4.69, 9.17) is 10.2 Å². The van der Waals surface area contributed by atoms with Crippen molar-refractivity contribution in [2.75, 3.05) is 0 Å². The maximum absolute atomic E-state index is 11.4. The van der Waals surface area contributed by atoms with Crippen LogP contribution < -0.4 is 0 Å². The number of rotatable bonds is 8. The van der Waals surface area contributed by atoms with Crippen molar-refractivity contribution in [2.45, 2.75) is 61.7 Å². The Morgan fingerprint density at radius 2 is 1.56 bits per heavy atom. The van der Waals surface area contributed by atoms with Gasteiger partial charge in [-0.25, -0.2) is 0 Å². The Labute approximate surface area is 146 Å². The fourth-order valence-electron chi connectivity index (χ4n) is 3.55. The molecule has 0 saturated heterocycles. The Balaban J connectivity index is 2.29. The van der Waals surface area contributed by atoms with Crippen LogP contribution in [0.3, 0.4) is 0 Å². The second kappa shape index (κ2) is 7.97. The Morgan fingerprint density at radius 1 is 0.960 bits per heavy atom. The molecule has 0 radical (unpaired) electrons. The molecule has 0 heterocycles. The molecule has 0 bridgehead atoms. The highest BCUT2D eigenvalue weighted by atomic mass is 32.2. The molecule has 2 unspecified atom stereocenters. The van der Waals surface area contributed by atoms with Gasteiger partial charge in [-0.1, -0.05) is 6.07 Å². The van der Waals surface area contributed by atoms with E-state index in [1.165, 1.54) is 12.1 Å². The maximum Gasteiger partial charge on any atom is 0.303 e. The third kappa shape index (κ3) is 5.27. The minimum Gasteiger partial charge on any atom is -0.481 e. The number of aliphatic carboxylic acids is 2. The van der Waals surface area contributed by atoms with E-state index in [1.54, 1.807) is 6.07 Å². The van der Waals surface area contributed by atoms with E-state index in [2.05, 4.69) is 0 Å². The minimum atomic E-state index is -4.33. The lowest BCUT2D eigenvalue weighted by Gasteiger charge is -2.32. The van der Waals surface area contributed by atoms with Crippen LogP contribution in [0, 0.1) is 0 Å². The van der Waals surface area contributed by atoms with Gasteiger partial charge in [-0.2, -0.15) is 8.42 Å². The van der Waals surface area contributed by atoms with Gasteiger partial charge < -0.3 is 10.2 Å². The van der Waals surface area contributed by atoms with Crippen molar-refractivity contribution in [3.8, 4) is 0 Å². The van der Waals surface area contributed by atoms with Crippen LogP contribution in [0.25, 0.3) is 0 Å². The SMILES string of the molecule is O=C(O)CCCC1CCC(CCC(=O)O)c2ccc(S(=O)(=O)O)cc21. The number of carboxylic acids is 2. The van der Waals surface area contributed by atoms with Crippen LogP contribution in [-0.4, -0.2) is 35.1 Å². The maximum atomic E-state index is 11.4. The highest BCUT2D eigenvalue weighted by Gasteiger charge is 2.29. The Hall–Kier alpha value is -1.93. The van der Waals surface area contributed by atoms with E-state index in [-0.39, 0.29) is 29.6 Å². The summed E-state index contributed by atoms with van der Waals surface area (Å²) in [6.45, 7) is 0. The van der Waals surface area contributed by atoms with E-state index < -0.39 is 22.1 Å². The zero-order valence-electron chi connectivity index (χ0n) is 13.7. The van der Waals surface area contributed by atoms with Gasteiger partial charge in [-0.15, -0.1) is 0 Å². The van der Waals surface area contributed by atoms with Crippen LogP contribution in [0.2, 0.25) is 0 Å². The van der Waals surface area contributed by atoms with Crippen molar-refractivity contribution >= 4 is 22.1 Å². The number of carboxylic acid groups (broad SMARTS) is 2. The second-order valence-electron chi connectivity index (χ2n) is 6.46. The van der Waals surface area contributed by atoms with Gasteiger partial charge in [0.1, 0.15) is 0 Å². The quantitative estimate of drug-likeness (QED) is 0.600. The number of fused-ring (bicyclic) bond motifs is 1. The average molecular weight is 370 g/mol. The van der Waals surface area contributed by atoms with Crippen LogP contribution in [0.15, 0.2) is 23.1 Å². The van der Waals surface area contributed by atoms with Gasteiger partial charge in [0.2, 0.25) is 0 Å². The second-order valence-corrected chi connectivity index (χ2v) is 7.88. The van der Waals surface area contributed by atoms with E-state index >= 15 is 0 Å². The summed E-state index contributed by atoms with van der Waals surface area (Å²) < 4.78 is 32.1. The number of carbonyl (C=O) groups is 2. The smallest absolute Gasteiger partial charge is 0.303 e. The van der Waals surface area contributed by atoms with Crippen molar-refractivity contribution in [1.82, 2.24) is 0 Å². The molecule has 1 aliphatic carbocycles. The summed E-state index contributed by atoms with van der Waals surface area (Å²) in [4.78, 5) is 21.4. The molecule has 2 atom stereocenters. The molecule has 0 aliphatic heterocycles. The van der Waals surface area contributed by atoms with Gasteiger partial charge in [0, 0.05) is 12.8 Å². The number of hydrogen-bond donors (Lipinski definition) is 3. The predicted molar refractivity (Wildman–Crippen MR) is 89.3 cm³/mol. The molecule has 1 aromatic carbocycles. The zero-order chi connectivity index (χ0) is 18.6. The molecule has 1 aromatic rings. The first-order chi connectivity index (χ1) is 11.7. The van der Waals surface area contributed by atoms with Gasteiger partial charge in [-0.05, 0) is 67.2 Å². The molecule has 1 aliphatic rings. The van der Waals surface area contributed by atoms with Crippen molar-refractivity contribution in [3.05, 3.63) is 29.3 Å². The Kier molecular flexibility index (Phi) is 6.18. The molecule has 0 spiro atoms. The van der Waals surface area contributed by atoms with E-state index in [0.29, 0.717) is 19.3 Å². The van der Waals surface area contributed by atoms with Gasteiger partial charge in [-0.3, -0.25) is 14.1 Å². The predicted octanol–water partition coefficient (Wildman–Crippen LogP) is 3.01. The van der Waals surface area contributed by atoms with Crippen molar-refractivity contribution in [1.29, 1.82) is 0 Å². The first kappa shape index (κ1) is 19.4. The lowest BCUT2D eigenvalue weighted by atomic mass is 9.73. The molecule has 0 fully saturated rings. The summed E-state index contributed by atoms with van der Waals surface area (Å²) in [5.41, 5.74) is 1.68. The van der Waals surface area contributed by atoms with Gasteiger partial charge in [0.05, 0.1) is 4.90 Å². The zero-order valence-corrected chi connectivity index (χ0v) is 14.5. The largest absolute Gasteiger partial charge is 0.481 e. The molecular formula is C17H22O7S. The lowest BCUT2D eigenvalue weighted by molar-refractivity contribution is -0.138. The molecule has 138 valence electrons. The summed E-state index contributed by atoms with van der Waals surface area (Å²) in [6, 6.07) is 4.43. The Bertz CT molecular complexity index is 754. The average Bonchev–Trinajstić information content (AvgIpc) is 2.52. The van der Waals surface area contributed by atoms with Crippen molar-refractivity contribution in [2.24, 2.45) is 0 Å². The number of hydrogen-bond acceptors (Lipinski definition) is 4. The summed E-state index contributed by atoms with van der Waals surface area (Å²) in [5.74, 6) is -1.71. The van der Waals surface area contributed by atoms with Crippen LogP contribution in [0.1, 0.15) is 67.9 Å².